The van der Waals surface area contributed by atoms with Gasteiger partial charge >= 0.3 is 0 Å². The van der Waals surface area contributed by atoms with Gasteiger partial charge in [-0.2, -0.15) is 0 Å². The van der Waals surface area contributed by atoms with Crippen LogP contribution in [-0.2, 0) is 0 Å². The zero-order chi connectivity index (χ0) is 16.7. The van der Waals surface area contributed by atoms with Crippen LogP contribution in [-0.4, -0.2) is 7.11 Å². The van der Waals surface area contributed by atoms with E-state index < -0.39 is 0 Å². The Labute approximate surface area is 139 Å². The van der Waals surface area contributed by atoms with E-state index in [9.17, 15) is 0 Å². The predicted octanol–water partition coefficient (Wildman–Crippen LogP) is 6.45. The van der Waals surface area contributed by atoms with Crippen molar-refractivity contribution in [2.24, 2.45) is 0 Å². The Morgan fingerprint density at radius 3 is 2.41 bits per heavy atom. The van der Waals surface area contributed by atoms with E-state index in [1.807, 2.05) is 26.8 Å². The molecule has 1 aromatic rings. The average Bonchev–Trinajstić information content (AvgIpc) is 2.50. The fourth-order valence-electron chi connectivity index (χ4n) is 2.00. The zero-order valence-electron chi connectivity index (χ0n) is 14.3. The molecule has 2 heteroatoms. The highest BCUT2D eigenvalue weighted by Gasteiger charge is 2.10. The van der Waals surface area contributed by atoms with Crippen molar-refractivity contribution in [2.75, 3.05) is 7.11 Å². The van der Waals surface area contributed by atoms with Crippen LogP contribution in [0.1, 0.15) is 37.5 Å². The lowest BCUT2D eigenvalue weighted by atomic mass is 10.0. The van der Waals surface area contributed by atoms with Crippen molar-refractivity contribution in [3.8, 4) is 5.75 Å². The molecule has 0 N–H and O–H groups in total. The number of benzene rings is 1. The van der Waals surface area contributed by atoms with Gasteiger partial charge in [0.2, 0.25) is 0 Å². The number of hydrogen-bond donors (Lipinski definition) is 0. The molecule has 0 unspecified atom stereocenters. The maximum absolute atomic E-state index is 6.46. The van der Waals surface area contributed by atoms with E-state index in [-0.39, 0.29) is 0 Å². The summed E-state index contributed by atoms with van der Waals surface area (Å²) >= 11 is 6.46. The van der Waals surface area contributed by atoms with E-state index in [4.69, 9.17) is 16.3 Å². The molecule has 1 aromatic carbocycles. The molecule has 22 heavy (non-hydrogen) atoms. The summed E-state index contributed by atoms with van der Waals surface area (Å²) in [6.07, 6.45) is 12.5. The van der Waals surface area contributed by atoms with Gasteiger partial charge in [0.1, 0.15) is 5.75 Å². The van der Waals surface area contributed by atoms with Gasteiger partial charge in [0.05, 0.1) is 12.1 Å². The lowest BCUT2D eigenvalue weighted by Gasteiger charge is -2.12. The summed E-state index contributed by atoms with van der Waals surface area (Å²) in [7, 11) is 1.67. The van der Waals surface area contributed by atoms with Crippen LogP contribution in [0, 0.1) is 13.8 Å². The fraction of sp³-hybridized carbons (Fsp3) is 0.300. The zero-order valence-corrected chi connectivity index (χ0v) is 15.1. The SMILES string of the molecule is CC=C(C)C=CC=C(C)C=Cc1c(C)cc(OC)c(C)c1Cl. The number of aryl methyl sites for hydroxylation is 1. The summed E-state index contributed by atoms with van der Waals surface area (Å²) in [5.41, 5.74) is 5.54. The standard InChI is InChI=1S/C20H25ClO/c1-7-14(2)9-8-10-15(3)11-12-18-16(4)13-19(22-6)17(5)20(18)21/h7-13H,1-6H3. The molecular formula is C20H25ClO. The van der Waals surface area contributed by atoms with Crippen molar-refractivity contribution in [3.63, 3.8) is 0 Å². The highest BCUT2D eigenvalue weighted by molar-refractivity contribution is 6.33. The van der Waals surface area contributed by atoms with Gasteiger partial charge in [-0.1, -0.05) is 59.2 Å². The smallest absolute Gasteiger partial charge is 0.123 e. The molecule has 0 aliphatic heterocycles. The number of methoxy groups -OCH3 is 1. The number of halogens is 1. The predicted molar refractivity (Wildman–Crippen MR) is 98.8 cm³/mol. The topological polar surface area (TPSA) is 9.23 Å². The molecule has 1 nitrogen and oxygen atoms in total. The second-order valence-electron chi connectivity index (χ2n) is 5.38. The molecule has 0 bridgehead atoms. The van der Waals surface area contributed by atoms with Crippen molar-refractivity contribution >= 4 is 17.7 Å². The Morgan fingerprint density at radius 1 is 1.14 bits per heavy atom. The first-order chi connectivity index (χ1) is 10.4. The number of allylic oxidation sites excluding steroid dienone is 7. The lowest BCUT2D eigenvalue weighted by molar-refractivity contribution is 0.411. The van der Waals surface area contributed by atoms with E-state index in [0.717, 1.165) is 27.5 Å². The maximum atomic E-state index is 6.46. The van der Waals surface area contributed by atoms with Crippen LogP contribution in [0.25, 0.3) is 6.08 Å². The Morgan fingerprint density at radius 2 is 1.82 bits per heavy atom. The highest BCUT2D eigenvalue weighted by atomic mass is 35.5. The Balaban J connectivity index is 3.02. The third-order valence-corrected chi connectivity index (χ3v) is 4.10. The summed E-state index contributed by atoms with van der Waals surface area (Å²) in [5.74, 6) is 0.830. The first-order valence-corrected chi connectivity index (χ1v) is 7.78. The summed E-state index contributed by atoms with van der Waals surface area (Å²) in [5, 5.41) is 0.751. The molecule has 0 aliphatic rings. The van der Waals surface area contributed by atoms with Gasteiger partial charge in [-0.25, -0.2) is 0 Å². The van der Waals surface area contributed by atoms with Crippen LogP contribution in [0.2, 0.25) is 5.02 Å². The monoisotopic (exact) mass is 316 g/mol. The van der Waals surface area contributed by atoms with Crippen LogP contribution in [0.15, 0.2) is 47.6 Å². The van der Waals surface area contributed by atoms with Gasteiger partial charge < -0.3 is 4.74 Å². The highest BCUT2D eigenvalue weighted by Crippen LogP contribution is 2.32. The molecule has 0 heterocycles. The number of hydrogen-bond acceptors (Lipinski definition) is 1. The van der Waals surface area contributed by atoms with E-state index in [1.165, 1.54) is 11.1 Å². The minimum atomic E-state index is 0.751. The second-order valence-corrected chi connectivity index (χ2v) is 5.76. The van der Waals surface area contributed by atoms with Crippen LogP contribution in [0.5, 0.6) is 5.75 Å². The molecular weight excluding hydrogens is 292 g/mol. The Bertz CT molecular complexity index is 646. The van der Waals surface area contributed by atoms with E-state index >= 15 is 0 Å². The quantitative estimate of drug-likeness (QED) is 0.567. The third-order valence-electron chi connectivity index (χ3n) is 3.61. The van der Waals surface area contributed by atoms with E-state index in [2.05, 4.69) is 50.3 Å². The largest absolute Gasteiger partial charge is 0.496 e. The maximum Gasteiger partial charge on any atom is 0.123 e. The van der Waals surface area contributed by atoms with Crippen molar-refractivity contribution in [3.05, 3.63) is 69.3 Å². The van der Waals surface area contributed by atoms with Crippen LogP contribution < -0.4 is 4.74 Å². The van der Waals surface area contributed by atoms with E-state index in [1.54, 1.807) is 7.11 Å². The number of rotatable bonds is 5. The van der Waals surface area contributed by atoms with Crippen molar-refractivity contribution < 1.29 is 4.74 Å². The fourth-order valence-corrected chi connectivity index (χ4v) is 2.31. The van der Waals surface area contributed by atoms with Crippen LogP contribution in [0.4, 0.5) is 0 Å². The molecule has 1 rings (SSSR count). The molecule has 0 saturated heterocycles. The van der Waals surface area contributed by atoms with Gasteiger partial charge in [-0.05, 0) is 51.8 Å². The normalized spacial score (nSPS) is 13.4. The lowest BCUT2D eigenvalue weighted by Crippen LogP contribution is -1.93. The van der Waals surface area contributed by atoms with Gasteiger partial charge in [0.15, 0.2) is 0 Å². The van der Waals surface area contributed by atoms with Crippen molar-refractivity contribution in [2.45, 2.75) is 34.6 Å². The summed E-state index contributed by atoms with van der Waals surface area (Å²) < 4.78 is 5.34. The third kappa shape index (κ3) is 4.92. The molecule has 118 valence electrons. The van der Waals surface area contributed by atoms with Gasteiger partial charge in [0, 0.05) is 5.56 Å². The average molecular weight is 317 g/mol. The van der Waals surface area contributed by atoms with Gasteiger partial charge in [0.25, 0.3) is 0 Å². The molecule has 0 spiro atoms. The van der Waals surface area contributed by atoms with Gasteiger partial charge in [-0.3, -0.25) is 0 Å². The Kier molecular flexibility index (Phi) is 7.20. The second kappa shape index (κ2) is 8.65. The minimum absolute atomic E-state index is 0.751. The first kappa shape index (κ1) is 18.3. The molecule has 0 aliphatic carbocycles. The summed E-state index contributed by atoms with van der Waals surface area (Å²) in [6.45, 7) is 10.2. The molecule has 0 aromatic heterocycles. The summed E-state index contributed by atoms with van der Waals surface area (Å²) in [4.78, 5) is 0. The minimum Gasteiger partial charge on any atom is -0.496 e. The number of ether oxygens (including phenoxy) is 1. The van der Waals surface area contributed by atoms with Crippen LogP contribution in [0.3, 0.4) is 0 Å². The first-order valence-electron chi connectivity index (χ1n) is 7.40. The van der Waals surface area contributed by atoms with Crippen LogP contribution >= 0.6 is 11.6 Å². The van der Waals surface area contributed by atoms with E-state index in [0.29, 0.717) is 0 Å². The molecule has 0 atom stereocenters. The van der Waals surface area contributed by atoms with Crippen molar-refractivity contribution in [1.29, 1.82) is 0 Å². The molecule has 0 amide bonds. The van der Waals surface area contributed by atoms with Gasteiger partial charge in [-0.15, -0.1) is 0 Å². The van der Waals surface area contributed by atoms with Crippen molar-refractivity contribution in [1.82, 2.24) is 0 Å². The molecule has 0 saturated carbocycles. The molecule has 0 radical (unpaired) electrons. The molecule has 0 fully saturated rings. The Hall–Kier alpha value is -1.73. The summed E-state index contributed by atoms with van der Waals surface area (Å²) in [6, 6.07) is 2.02.